The highest BCUT2D eigenvalue weighted by Crippen LogP contribution is 2.41. The van der Waals surface area contributed by atoms with Gasteiger partial charge in [0, 0.05) is 6.54 Å². The molecule has 0 atom stereocenters. The van der Waals surface area contributed by atoms with E-state index in [9.17, 15) is 4.79 Å². The summed E-state index contributed by atoms with van der Waals surface area (Å²) >= 11 is 0. The number of carbonyl (C=O) groups is 1. The molecule has 1 aliphatic rings. The van der Waals surface area contributed by atoms with Crippen LogP contribution in [-0.4, -0.2) is 25.6 Å². The molecule has 1 amide bonds. The van der Waals surface area contributed by atoms with Crippen LogP contribution in [0.25, 0.3) is 0 Å². The molecule has 1 heterocycles. The molecule has 0 saturated carbocycles. The number of hydrogen-bond donors (Lipinski definition) is 2. The van der Waals surface area contributed by atoms with Gasteiger partial charge in [0.2, 0.25) is 12.5 Å². The van der Waals surface area contributed by atoms with Crippen LogP contribution in [0.15, 0.2) is 12.1 Å². The maximum Gasteiger partial charge on any atom is 0.422 e. The summed E-state index contributed by atoms with van der Waals surface area (Å²) < 4.78 is 21.0. The first-order valence-electron chi connectivity index (χ1n) is 6.57. The molecule has 1 aliphatic heterocycles. The number of methoxy groups -OCH3 is 1. The monoisotopic (exact) mass is 296 g/mol. The molecule has 1 aromatic carbocycles. The number of rotatable bonds is 4. The fourth-order valence-corrected chi connectivity index (χ4v) is 1.81. The van der Waals surface area contributed by atoms with E-state index in [0.29, 0.717) is 23.8 Å². The second kappa shape index (κ2) is 6.09. The van der Waals surface area contributed by atoms with Crippen molar-refractivity contribution in [1.82, 2.24) is 10.9 Å². The van der Waals surface area contributed by atoms with E-state index in [4.69, 9.17) is 18.9 Å². The van der Waals surface area contributed by atoms with E-state index < -0.39 is 11.7 Å². The first kappa shape index (κ1) is 15.2. The molecule has 0 aliphatic carbocycles. The first-order valence-corrected chi connectivity index (χ1v) is 6.57. The van der Waals surface area contributed by atoms with E-state index >= 15 is 0 Å². The summed E-state index contributed by atoms with van der Waals surface area (Å²) in [6, 6.07) is 3.64. The Balaban J connectivity index is 1.91. The van der Waals surface area contributed by atoms with E-state index in [0.717, 1.165) is 5.56 Å². The average molecular weight is 296 g/mol. The summed E-state index contributed by atoms with van der Waals surface area (Å²) in [7, 11) is 1.56. The fraction of sp³-hybridized carbons (Fsp3) is 0.500. The largest absolute Gasteiger partial charge is 0.493 e. The van der Waals surface area contributed by atoms with Gasteiger partial charge in [0.15, 0.2) is 11.5 Å². The fourth-order valence-electron chi connectivity index (χ4n) is 1.81. The van der Waals surface area contributed by atoms with Crippen LogP contribution in [0.1, 0.15) is 26.3 Å². The van der Waals surface area contributed by atoms with Gasteiger partial charge in [0.25, 0.3) is 0 Å². The Morgan fingerprint density at radius 1 is 1.33 bits per heavy atom. The zero-order valence-corrected chi connectivity index (χ0v) is 12.6. The third-order valence-electron chi connectivity index (χ3n) is 2.60. The smallest absolute Gasteiger partial charge is 0.422 e. The number of ether oxygens (including phenoxy) is 4. The van der Waals surface area contributed by atoms with Crippen LogP contribution in [0.3, 0.4) is 0 Å². The molecule has 0 aromatic heterocycles. The molecule has 2 rings (SSSR count). The number of amides is 1. The van der Waals surface area contributed by atoms with Gasteiger partial charge in [0.05, 0.1) is 7.11 Å². The molecule has 7 nitrogen and oxygen atoms in total. The van der Waals surface area contributed by atoms with Gasteiger partial charge in [0.1, 0.15) is 5.60 Å². The van der Waals surface area contributed by atoms with Crippen molar-refractivity contribution in [2.24, 2.45) is 0 Å². The minimum absolute atomic E-state index is 0.179. The van der Waals surface area contributed by atoms with Gasteiger partial charge >= 0.3 is 6.09 Å². The number of hydrogen-bond acceptors (Lipinski definition) is 6. The third-order valence-corrected chi connectivity index (χ3v) is 2.60. The van der Waals surface area contributed by atoms with Crippen molar-refractivity contribution in [3.05, 3.63) is 17.7 Å². The molecular weight excluding hydrogens is 276 g/mol. The predicted molar refractivity (Wildman–Crippen MR) is 75.3 cm³/mol. The van der Waals surface area contributed by atoms with Gasteiger partial charge in [-0.1, -0.05) is 0 Å². The first-order chi connectivity index (χ1) is 9.89. The second-order valence-corrected chi connectivity index (χ2v) is 5.51. The van der Waals surface area contributed by atoms with Crippen molar-refractivity contribution in [2.75, 3.05) is 13.9 Å². The van der Waals surface area contributed by atoms with Crippen molar-refractivity contribution >= 4 is 6.09 Å². The van der Waals surface area contributed by atoms with Gasteiger partial charge in [-0.25, -0.2) is 10.2 Å². The zero-order valence-electron chi connectivity index (χ0n) is 12.6. The topological polar surface area (TPSA) is 78.1 Å². The Bertz CT molecular complexity index is 525. The molecule has 7 heteroatoms. The third kappa shape index (κ3) is 4.16. The van der Waals surface area contributed by atoms with Gasteiger partial charge in [-0.05, 0) is 38.5 Å². The van der Waals surface area contributed by atoms with Gasteiger partial charge in [-0.2, -0.15) is 0 Å². The number of fused-ring (bicyclic) bond motifs is 1. The van der Waals surface area contributed by atoms with E-state index in [1.165, 1.54) is 0 Å². The SMILES string of the molecule is COc1cc(CNNC(=O)OC(C)(C)C)cc2c1OCO2. The Labute approximate surface area is 123 Å². The molecule has 0 radical (unpaired) electrons. The summed E-state index contributed by atoms with van der Waals surface area (Å²) in [4.78, 5) is 11.5. The number of benzene rings is 1. The number of hydrazine groups is 1. The van der Waals surface area contributed by atoms with Crippen LogP contribution >= 0.6 is 0 Å². The predicted octanol–water partition coefficient (Wildman–Crippen LogP) is 1.95. The lowest BCUT2D eigenvalue weighted by molar-refractivity contribution is 0.0497. The van der Waals surface area contributed by atoms with E-state index in [1.54, 1.807) is 27.9 Å². The van der Waals surface area contributed by atoms with Gasteiger partial charge in [-0.3, -0.25) is 5.43 Å². The Hall–Kier alpha value is -2.15. The van der Waals surface area contributed by atoms with Crippen LogP contribution in [-0.2, 0) is 11.3 Å². The highest BCUT2D eigenvalue weighted by molar-refractivity contribution is 5.67. The molecule has 0 bridgehead atoms. The minimum Gasteiger partial charge on any atom is -0.493 e. The van der Waals surface area contributed by atoms with Crippen LogP contribution in [0.5, 0.6) is 17.2 Å². The Morgan fingerprint density at radius 3 is 2.76 bits per heavy atom. The lowest BCUT2D eigenvalue weighted by Crippen LogP contribution is -2.40. The molecule has 0 fully saturated rings. The summed E-state index contributed by atoms with van der Waals surface area (Å²) in [6.45, 7) is 5.98. The van der Waals surface area contributed by atoms with Crippen molar-refractivity contribution in [1.29, 1.82) is 0 Å². The van der Waals surface area contributed by atoms with Gasteiger partial charge in [-0.15, -0.1) is 0 Å². The van der Waals surface area contributed by atoms with Gasteiger partial charge < -0.3 is 18.9 Å². The highest BCUT2D eigenvalue weighted by atomic mass is 16.7. The minimum atomic E-state index is -0.534. The highest BCUT2D eigenvalue weighted by Gasteiger charge is 2.20. The molecule has 116 valence electrons. The molecule has 0 unspecified atom stereocenters. The van der Waals surface area contributed by atoms with Crippen LogP contribution in [0.2, 0.25) is 0 Å². The van der Waals surface area contributed by atoms with Crippen molar-refractivity contribution in [3.8, 4) is 17.2 Å². The number of carbonyl (C=O) groups excluding carboxylic acids is 1. The lowest BCUT2D eigenvalue weighted by Gasteiger charge is -2.19. The van der Waals surface area contributed by atoms with Crippen LogP contribution in [0.4, 0.5) is 4.79 Å². The van der Waals surface area contributed by atoms with Crippen LogP contribution in [0, 0.1) is 0 Å². The van der Waals surface area contributed by atoms with E-state index in [1.807, 2.05) is 12.1 Å². The van der Waals surface area contributed by atoms with Crippen molar-refractivity contribution < 1.29 is 23.7 Å². The molecule has 2 N–H and O–H groups in total. The second-order valence-electron chi connectivity index (χ2n) is 5.51. The Kier molecular flexibility index (Phi) is 4.42. The molecule has 21 heavy (non-hydrogen) atoms. The molecule has 0 saturated heterocycles. The normalized spacial score (nSPS) is 13.0. The zero-order chi connectivity index (χ0) is 15.5. The molecule has 1 aromatic rings. The summed E-state index contributed by atoms with van der Waals surface area (Å²) in [6.07, 6.45) is -0.532. The maximum absolute atomic E-state index is 11.5. The summed E-state index contributed by atoms with van der Waals surface area (Å²) in [5, 5.41) is 0. The number of nitrogens with one attached hydrogen (secondary N) is 2. The van der Waals surface area contributed by atoms with Crippen molar-refractivity contribution in [3.63, 3.8) is 0 Å². The Morgan fingerprint density at radius 2 is 2.10 bits per heavy atom. The molecule has 0 spiro atoms. The summed E-state index contributed by atoms with van der Waals surface area (Å²) in [5.41, 5.74) is 5.61. The molecular formula is C14H20N2O5. The average Bonchev–Trinajstić information content (AvgIpc) is 2.83. The quantitative estimate of drug-likeness (QED) is 0.827. The maximum atomic E-state index is 11.5. The lowest BCUT2D eigenvalue weighted by atomic mass is 10.2. The van der Waals surface area contributed by atoms with E-state index in [-0.39, 0.29) is 6.79 Å². The van der Waals surface area contributed by atoms with Crippen molar-refractivity contribution in [2.45, 2.75) is 32.9 Å². The van der Waals surface area contributed by atoms with E-state index in [2.05, 4.69) is 10.9 Å². The standard InChI is InChI=1S/C14H20N2O5/c1-14(2,3)21-13(17)16-15-7-9-5-10(18-4)12-11(6-9)19-8-20-12/h5-6,15H,7-8H2,1-4H3,(H,16,17). The summed E-state index contributed by atoms with van der Waals surface area (Å²) in [5.74, 6) is 1.82. The van der Waals surface area contributed by atoms with Crippen LogP contribution < -0.4 is 25.1 Å².